The summed E-state index contributed by atoms with van der Waals surface area (Å²) in [6.07, 6.45) is 3.31. The molecule has 1 aliphatic heterocycles. The van der Waals surface area contributed by atoms with E-state index >= 15 is 0 Å². The lowest BCUT2D eigenvalue weighted by atomic mass is 10.0. The molecule has 0 radical (unpaired) electrons. The number of nitrogens with zero attached hydrogens (tertiary/aromatic N) is 2. The van der Waals surface area contributed by atoms with Crippen LogP contribution in [0.1, 0.15) is 37.9 Å². The monoisotopic (exact) mass is 274 g/mol. The van der Waals surface area contributed by atoms with Crippen molar-refractivity contribution in [3.8, 4) is 0 Å². The number of rotatable bonds is 5. The summed E-state index contributed by atoms with van der Waals surface area (Å²) < 4.78 is 0. The Hall–Kier alpha value is -1.06. The summed E-state index contributed by atoms with van der Waals surface area (Å²) in [7, 11) is 0. The highest BCUT2D eigenvalue weighted by Gasteiger charge is 2.27. The summed E-state index contributed by atoms with van der Waals surface area (Å²) in [5.41, 5.74) is 2.32. The summed E-state index contributed by atoms with van der Waals surface area (Å²) in [4.78, 5) is 5.05. The van der Waals surface area contributed by atoms with Crippen molar-refractivity contribution in [2.75, 3.05) is 37.6 Å². The van der Waals surface area contributed by atoms with Crippen molar-refractivity contribution in [1.29, 1.82) is 0 Å². The lowest BCUT2D eigenvalue weighted by molar-refractivity contribution is 0.173. The SMILES string of the molecule is CC[C@H](O)c1ccccc1N1CCN(CC2CC2)CC1. The van der Waals surface area contributed by atoms with Crippen LogP contribution in [-0.2, 0) is 0 Å². The topological polar surface area (TPSA) is 26.7 Å². The quantitative estimate of drug-likeness (QED) is 0.894. The van der Waals surface area contributed by atoms with Crippen LogP contribution in [0, 0.1) is 5.92 Å². The smallest absolute Gasteiger partial charge is 0.0807 e. The van der Waals surface area contributed by atoms with Gasteiger partial charge < -0.3 is 10.0 Å². The standard InChI is InChI=1S/C17H26N2O/c1-2-17(20)15-5-3-4-6-16(15)19-11-9-18(10-12-19)13-14-7-8-14/h3-6,14,17,20H,2,7-13H2,1H3/t17-/m0/s1. The van der Waals surface area contributed by atoms with E-state index in [4.69, 9.17) is 0 Å². The molecule has 1 atom stereocenters. The largest absolute Gasteiger partial charge is 0.388 e. The van der Waals surface area contributed by atoms with Gasteiger partial charge in [0.25, 0.3) is 0 Å². The third kappa shape index (κ3) is 3.15. The van der Waals surface area contributed by atoms with Crippen LogP contribution in [0.4, 0.5) is 5.69 Å². The molecular formula is C17H26N2O. The Kier molecular flexibility index (Phi) is 4.27. The van der Waals surface area contributed by atoms with E-state index in [1.54, 1.807) is 0 Å². The molecule has 3 nitrogen and oxygen atoms in total. The molecule has 3 rings (SSSR count). The number of aliphatic hydroxyl groups is 1. The highest BCUT2D eigenvalue weighted by molar-refractivity contribution is 5.55. The average molecular weight is 274 g/mol. The molecule has 1 N–H and O–H groups in total. The molecule has 0 bridgehead atoms. The molecule has 1 saturated carbocycles. The summed E-state index contributed by atoms with van der Waals surface area (Å²) in [6.45, 7) is 7.82. The zero-order chi connectivity index (χ0) is 13.9. The van der Waals surface area contributed by atoms with Gasteiger partial charge in [0.15, 0.2) is 0 Å². The Labute approximate surface area is 122 Å². The number of para-hydroxylation sites is 1. The zero-order valence-corrected chi connectivity index (χ0v) is 12.5. The highest BCUT2D eigenvalue weighted by Crippen LogP contribution is 2.31. The van der Waals surface area contributed by atoms with Crippen LogP contribution in [-0.4, -0.2) is 42.7 Å². The maximum Gasteiger partial charge on any atom is 0.0807 e. The third-order valence-electron chi connectivity index (χ3n) is 4.61. The first-order valence-electron chi connectivity index (χ1n) is 8.02. The van der Waals surface area contributed by atoms with E-state index < -0.39 is 0 Å². The number of benzene rings is 1. The molecule has 1 aromatic carbocycles. The molecule has 0 aromatic heterocycles. The molecule has 20 heavy (non-hydrogen) atoms. The van der Waals surface area contributed by atoms with Gasteiger partial charge >= 0.3 is 0 Å². The number of hydrogen-bond acceptors (Lipinski definition) is 3. The lowest BCUT2D eigenvalue weighted by Gasteiger charge is -2.37. The minimum absolute atomic E-state index is 0.337. The van der Waals surface area contributed by atoms with E-state index in [-0.39, 0.29) is 6.10 Å². The van der Waals surface area contributed by atoms with Crippen molar-refractivity contribution in [2.45, 2.75) is 32.3 Å². The zero-order valence-electron chi connectivity index (χ0n) is 12.5. The van der Waals surface area contributed by atoms with Crippen molar-refractivity contribution in [3.05, 3.63) is 29.8 Å². The molecule has 1 aromatic rings. The summed E-state index contributed by atoms with van der Waals surface area (Å²) in [5.74, 6) is 0.982. The van der Waals surface area contributed by atoms with Gasteiger partial charge in [0, 0.05) is 44.0 Å². The normalized spacial score (nSPS) is 22.0. The van der Waals surface area contributed by atoms with Crippen LogP contribution in [0.2, 0.25) is 0 Å². The molecule has 2 aliphatic rings. The van der Waals surface area contributed by atoms with Crippen molar-refractivity contribution in [1.82, 2.24) is 4.90 Å². The summed E-state index contributed by atoms with van der Waals surface area (Å²) in [6, 6.07) is 8.34. The van der Waals surface area contributed by atoms with Gasteiger partial charge in [-0.1, -0.05) is 25.1 Å². The van der Waals surface area contributed by atoms with Crippen molar-refractivity contribution in [2.24, 2.45) is 5.92 Å². The lowest BCUT2D eigenvalue weighted by Crippen LogP contribution is -2.47. The minimum atomic E-state index is -0.337. The van der Waals surface area contributed by atoms with Gasteiger partial charge in [-0.05, 0) is 31.2 Å². The Morgan fingerprint density at radius 1 is 1.15 bits per heavy atom. The second-order valence-corrected chi connectivity index (χ2v) is 6.21. The van der Waals surface area contributed by atoms with E-state index in [0.717, 1.165) is 44.1 Å². The number of anilines is 1. The Balaban J connectivity index is 1.64. The maximum atomic E-state index is 10.2. The van der Waals surface area contributed by atoms with E-state index in [0.29, 0.717) is 0 Å². The first-order chi connectivity index (χ1) is 9.78. The Morgan fingerprint density at radius 2 is 1.85 bits per heavy atom. The first-order valence-corrected chi connectivity index (χ1v) is 8.02. The van der Waals surface area contributed by atoms with Gasteiger partial charge in [-0.3, -0.25) is 4.90 Å². The van der Waals surface area contributed by atoms with Crippen LogP contribution >= 0.6 is 0 Å². The van der Waals surface area contributed by atoms with Gasteiger partial charge in [-0.15, -0.1) is 0 Å². The molecule has 0 amide bonds. The molecule has 0 spiro atoms. The van der Waals surface area contributed by atoms with E-state index in [1.165, 1.54) is 25.1 Å². The van der Waals surface area contributed by atoms with E-state index in [9.17, 15) is 5.11 Å². The molecule has 2 fully saturated rings. The van der Waals surface area contributed by atoms with Gasteiger partial charge in [0.1, 0.15) is 0 Å². The summed E-state index contributed by atoms with van der Waals surface area (Å²) >= 11 is 0. The average Bonchev–Trinajstić information content (AvgIpc) is 3.31. The van der Waals surface area contributed by atoms with Crippen molar-refractivity contribution >= 4 is 5.69 Å². The number of piperazine rings is 1. The molecule has 1 heterocycles. The molecular weight excluding hydrogens is 248 g/mol. The van der Waals surface area contributed by atoms with Gasteiger partial charge in [0.2, 0.25) is 0 Å². The minimum Gasteiger partial charge on any atom is -0.388 e. The molecule has 0 unspecified atom stereocenters. The van der Waals surface area contributed by atoms with Crippen molar-refractivity contribution < 1.29 is 5.11 Å². The predicted octanol–water partition coefficient (Wildman–Crippen LogP) is 2.66. The fourth-order valence-electron chi connectivity index (χ4n) is 3.11. The van der Waals surface area contributed by atoms with Crippen LogP contribution in [0.15, 0.2) is 24.3 Å². The molecule has 1 aliphatic carbocycles. The first kappa shape index (κ1) is 13.9. The van der Waals surface area contributed by atoms with E-state index in [1.807, 2.05) is 13.0 Å². The fraction of sp³-hybridized carbons (Fsp3) is 0.647. The molecule has 3 heteroatoms. The van der Waals surface area contributed by atoms with E-state index in [2.05, 4.69) is 28.0 Å². The van der Waals surface area contributed by atoms with Gasteiger partial charge in [-0.25, -0.2) is 0 Å². The fourth-order valence-corrected chi connectivity index (χ4v) is 3.11. The van der Waals surface area contributed by atoms with Crippen LogP contribution in [0.5, 0.6) is 0 Å². The summed E-state index contributed by atoms with van der Waals surface area (Å²) in [5, 5.41) is 10.2. The van der Waals surface area contributed by atoms with Crippen LogP contribution in [0.3, 0.4) is 0 Å². The van der Waals surface area contributed by atoms with Gasteiger partial charge in [-0.2, -0.15) is 0 Å². The Bertz CT molecular complexity index is 436. The second kappa shape index (κ2) is 6.15. The van der Waals surface area contributed by atoms with Crippen molar-refractivity contribution in [3.63, 3.8) is 0 Å². The Morgan fingerprint density at radius 3 is 2.50 bits per heavy atom. The van der Waals surface area contributed by atoms with Crippen LogP contribution in [0.25, 0.3) is 0 Å². The predicted molar refractivity (Wildman–Crippen MR) is 83.1 cm³/mol. The second-order valence-electron chi connectivity index (χ2n) is 6.21. The highest BCUT2D eigenvalue weighted by atomic mass is 16.3. The number of aliphatic hydroxyl groups excluding tert-OH is 1. The third-order valence-corrected chi connectivity index (χ3v) is 4.61. The molecule has 110 valence electrons. The number of hydrogen-bond donors (Lipinski definition) is 1. The van der Waals surface area contributed by atoms with Crippen LogP contribution < -0.4 is 4.90 Å². The van der Waals surface area contributed by atoms with Gasteiger partial charge in [0.05, 0.1) is 6.10 Å². The maximum absolute atomic E-state index is 10.2. The molecule has 1 saturated heterocycles.